The van der Waals surface area contributed by atoms with Gasteiger partial charge in [0.1, 0.15) is 23.4 Å². The molecule has 29 heavy (non-hydrogen) atoms. The highest BCUT2D eigenvalue weighted by Crippen LogP contribution is 2.34. The van der Waals surface area contributed by atoms with Crippen LogP contribution in [0.2, 0.25) is 0 Å². The van der Waals surface area contributed by atoms with Crippen LogP contribution in [0.15, 0.2) is 36.7 Å². The van der Waals surface area contributed by atoms with Crippen molar-refractivity contribution in [3.8, 4) is 0 Å². The number of amides is 1. The summed E-state index contributed by atoms with van der Waals surface area (Å²) in [6, 6.07) is 7.91. The van der Waals surface area contributed by atoms with E-state index in [1.165, 1.54) is 25.1 Å². The normalized spacial score (nSPS) is 16.8. The topological polar surface area (TPSA) is 66.6 Å². The van der Waals surface area contributed by atoms with E-state index < -0.39 is 11.2 Å². The van der Waals surface area contributed by atoms with E-state index in [9.17, 15) is 13.6 Å². The summed E-state index contributed by atoms with van der Waals surface area (Å²) in [7, 11) is 1.99. The van der Waals surface area contributed by atoms with Gasteiger partial charge in [0, 0.05) is 31.7 Å². The van der Waals surface area contributed by atoms with Gasteiger partial charge in [0.05, 0.1) is 6.42 Å². The van der Waals surface area contributed by atoms with Crippen molar-refractivity contribution in [2.75, 3.05) is 31.1 Å². The molecule has 0 bridgehead atoms. The van der Waals surface area contributed by atoms with E-state index in [1.54, 1.807) is 15.7 Å². The van der Waals surface area contributed by atoms with Crippen molar-refractivity contribution >= 4 is 26.6 Å². The maximum Gasteiger partial charge on any atom is 0.227 e. The number of alkyl halides is 1. The minimum absolute atomic E-state index is 0.0613. The first-order valence-corrected chi connectivity index (χ1v) is 9.85. The Bertz CT molecular complexity index is 1040. The maximum atomic E-state index is 14.1. The number of halogens is 2. The van der Waals surface area contributed by atoms with Crippen molar-refractivity contribution < 1.29 is 13.6 Å². The highest BCUT2D eigenvalue weighted by molar-refractivity contribution is 7.18. The molecule has 2 atom stereocenters. The second kappa shape index (κ2) is 7.63. The predicted molar refractivity (Wildman–Crippen MR) is 108 cm³/mol. The van der Waals surface area contributed by atoms with Crippen LogP contribution in [0.3, 0.4) is 0 Å². The third kappa shape index (κ3) is 4.19. The molecule has 0 N–H and O–H groups in total. The van der Waals surface area contributed by atoms with Crippen molar-refractivity contribution in [2.24, 2.45) is 0 Å². The van der Waals surface area contributed by atoms with Crippen LogP contribution in [-0.2, 0) is 16.6 Å². The van der Waals surface area contributed by atoms with Gasteiger partial charge in [-0.1, -0.05) is 15.3 Å². The number of hydrogen-bond donors (Lipinski definition) is 0. The Balaban J connectivity index is 1.39. The van der Waals surface area contributed by atoms with Gasteiger partial charge in [-0.25, -0.2) is 8.78 Å². The fourth-order valence-electron chi connectivity index (χ4n) is 3.42. The molecule has 0 spiro atoms. The second-order valence-corrected chi connectivity index (χ2v) is 8.34. The molecular formula is C19H21F2N6OP. The Hall–Kier alpha value is -2.67. The average molecular weight is 418 g/mol. The van der Waals surface area contributed by atoms with Crippen molar-refractivity contribution in [3.05, 3.63) is 53.6 Å². The Morgan fingerprint density at radius 3 is 2.69 bits per heavy atom. The summed E-state index contributed by atoms with van der Waals surface area (Å²) in [6.07, 6.45) is 1.66. The quantitative estimate of drug-likeness (QED) is 0.608. The van der Waals surface area contributed by atoms with Gasteiger partial charge < -0.3 is 9.80 Å². The summed E-state index contributed by atoms with van der Waals surface area (Å²) in [5.74, 6) is 0.122. The minimum atomic E-state index is -1.88. The van der Waals surface area contributed by atoms with Crippen LogP contribution < -0.4 is 4.90 Å². The number of hydrogen-bond acceptors (Lipinski definition) is 5. The van der Waals surface area contributed by atoms with E-state index in [4.69, 9.17) is 0 Å². The summed E-state index contributed by atoms with van der Waals surface area (Å²) in [5, 5.41) is 10.4. The molecule has 1 saturated heterocycles. The molecule has 1 aromatic carbocycles. The van der Waals surface area contributed by atoms with E-state index in [2.05, 4.69) is 20.2 Å². The monoisotopic (exact) mass is 418 g/mol. The van der Waals surface area contributed by atoms with Crippen LogP contribution in [0.4, 0.5) is 14.6 Å². The van der Waals surface area contributed by atoms with E-state index in [0.717, 1.165) is 5.82 Å². The molecular weight excluding hydrogens is 397 g/mol. The van der Waals surface area contributed by atoms with Crippen LogP contribution in [0.1, 0.15) is 18.1 Å². The van der Waals surface area contributed by atoms with Gasteiger partial charge in [-0.05, 0) is 36.8 Å². The number of benzene rings is 1. The van der Waals surface area contributed by atoms with Gasteiger partial charge in [-0.15, -0.1) is 15.3 Å². The Morgan fingerprint density at radius 1 is 1.21 bits per heavy atom. The molecule has 1 fully saturated rings. The molecule has 0 saturated carbocycles. The maximum absolute atomic E-state index is 14.1. The number of aromatic nitrogens is 4. The van der Waals surface area contributed by atoms with Gasteiger partial charge in [-0.2, -0.15) is 4.52 Å². The molecule has 7 nitrogen and oxygen atoms in total. The number of rotatable bonds is 4. The Labute approximate surface area is 168 Å². The SMILES string of the molecule is CC(F)(P)c1cc(CC(=O)N2CCN(c3ccc4nncn4n3)CC2)ccc1F. The lowest BCUT2D eigenvalue weighted by atomic mass is 10.0. The predicted octanol–water partition coefficient (Wildman–Crippen LogP) is 2.17. The largest absolute Gasteiger partial charge is 0.352 e. The molecule has 2 unspecified atom stereocenters. The van der Waals surface area contributed by atoms with Crippen LogP contribution in [0.5, 0.6) is 0 Å². The third-order valence-electron chi connectivity index (χ3n) is 5.02. The van der Waals surface area contributed by atoms with Crippen LogP contribution in [-0.4, -0.2) is 56.8 Å². The first-order chi connectivity index (χ1) is 13.8. The number of fused-ring (bicyclic) bond motifs is 1. The zero-order chi connectivity index (χ0) is 20.6. The average Bonchev–Trinajstić information content (AvgIpc) is 3.16. The van der Waals surface area contributed by atoms with E-state index in [-0.39, 0.29) is 17.9 Å². The highest BCUT2D eigenvalue weighted by atomic mass is 31.0. The molecule has 3 heterocycles. The summed E-state index contributed by atoms with van der Waals surface area (Å²) in [4.78, 5) is 16.5. The van der Waals surface area contributed by atoms with E-state index >= 15 is 0 Å². The first-order valence-electron chi connectivity index (χ1n) is 9.28. The lowest BCUT2D eigenvalue weighted by molar-refractivity contribution is -0.130. The van der Waals surface area contributed by atoms with Gasteiger partial charge in [0.25, 0.3) is 0 Å². The lowest BCUT2D eigenvalue weighted by Gasteiger charge is -2.35. The van der Waals surface area contributed by atoms with E-state index in [1.807, 2.05) is 21.4 Å². The Morgan fingerprint density at radius 2 is 1.97 bits per heavy atom. The number of carbonyl (C=O) groups is 1. The molecule has 152 valence electrons. The zero-order valence-corrected chi connectivity index (χ0v) is 17.1. The minimum Gasteiger partial charge on any atom is -0.352 e. The molecule has 0 aliphatic carbocycles. The molecule has 3 aromatic rings. The summed E-state index contributed by atoms with van der Waals surface area (Å²) in [6.45, 7) is 3.68. The second-order valence-electron chi connectivity index (χ2n) is 7.26. The van der Waals surface area contributed by atoms with Gasteiger partial charge in [0.15, 0.2) is 5.65 Å². The molecule has 0 radical (unpaired) electrons. The number of carbonyl (C=O) groups excluding carboxylic acids is 1. The van der Waals surface area contributed by atoms with Crippen molar-refractivity contribution in [1.82, 2.24) is 24.7 Å². The molecule has 1 aliphatic rings. The van der Waals surface area contributed by atoms with Crippen LogP contribution in [0.25, 0.3) is 5.65 Å². The fourth-order valence-corrected chi connectivity index (χ4v) is 3.64. The summed E-state index contributed by atoms with van der Waals surface area (Å²) < 4.78 is 29.6. The first kappa shape index (κ1) is 19.6. The summed E-state index contributed by atoms with van der Waals surface area (Å²) >= 11 is 0. The van der Waals surface area contributed by atoms with Crippen molar-refractivity contribution in [3.63, 3.8) is 0 Å². The van der Waals surface area contributed by atoms with Crippen LogP contribution in [0, 0.1) is 5.82 Å². The molecule has 10 heteroatoms. The number of nitrogens with zero attached hydrogens (tertiary/aromatic N) is 6. The van der Waals surface area contributed by atoms with Gasteiger partial charge in [-0.3, -0.25) is 4.79 Å². The zero-order valence-electron chi connectivity index (χ0n) is 15.9. The third-order valence-corrected chi connectivity index (χ3v) is 5.33. The van der Waals surface area contributed by atoms with Gasteiger partial charge in [0.2, 0.25) is 5.91 Å². The molecule has 1 amide bonds. The molecule has 4 rings (SSSR count). The van der Waals surface area contributed by atoms with Crippen molar-refractivity contribution in [2.45, 2.75) is 18.8 Å². The standard InChI is InChI=1S/C19H21F2N6OP/c1-19(21,29)14-10-13(2-3-15(14)20)11-18(28)26-8-6-25(7-9-26)17-5-4-16-23-22-12-27(16)24-17/h2-5,10,12H,6-9,11,29H2,1H3. The van der Waals surface area contributed by atoms with Crippen molar-refractivity contribution in [1.29, 1.82) is 0 Å². The Kier molecular flexibility index (Phi) is 5.17. The number of anilines is 1. The molecule has 1 aliphatic heterocycles. The summed E-state index contributed by atoms with van der Waals surface area (Å²) in [5.41, 5.74) is 1.21. The highest BCUT2D eigenvalue weighted by Gasteiger charge is 2.26. The van der Waals surface area contributed by atoms with Crippen LogP contribution >= 0.6 is 9.24 Å². The fraction of sp³-hybridized carbons (Fsp3) is 0.368. The van der Waals surface area contributed by atoms with Gasteiger partial charge >= 0.3 is 0 Å². The lowest BCUT2D eigenvalue weighted by Crippen LogP contribution is -2.49. The van der Waals surface area contributed by atoms with E-state index in [0.29, 0.717) is 37.4 Å². The smallest absolute Gasteiger partial charge is 0.227 e. The molecule has 2 aromatic heterocycles. The number of piperazine rings is 1.